The predicted octanol–water partition coefficient (Wildman–Crippen LogP) is 2.40. The van der Waals surface area contributed by atoms with Crippen LogP contribution >= 0.6 is 0 Å². The minimum atomic E-state index is -0.536. The van der Waals surface area contributed by atoms with Gasteiger partial charge in [-0.3, -0.25) is 4.79 Å². The number of carbonyl (C=O) groups excluding carboxylic acids is 2. The molecule has 4 rings (SSSR count). The van der Waals surface area contributed by atoms with Crippen LogP contribution in [0.15, 0.2) is 40.9 Å². The summed E-state index contributed by atoms with van der Waals surface area (Å²) in [5.74, 6) is -0.360. The SMILES string of the molecule is COC(=O)c1cc(-c2nc3cc(NC(=O)[C@@H]4CCO4)ccc3o2)ccn1. The van der Waals surface area contributed by atoms with Crippen molar-refractivity contribution >= 4 is 28.7 Å². The van der Waals surface area contributed by atoms with E-state index in [0.29, 0.717) is 34.8 Å². The Hall–Kier alpha value is -3.26. The maximum absolute atomic E-state index is 12.0. The van der Waals surface area contributed by atoms with Crippen molar-refractivity contribution in [3.8, 4) is 11.5 Å². The second-order valence-corrected chi connectivity index (χ2v) is 5.76. The molecule has 8 heteroatoms. The van der Waals surface area contributed by atoms with Gasteiger partial charge in [0.15, 0.2) is 5.58 Å². The second kappa shape index (κ2) is 6.57. The lowest BCUT2D eigenvalue weighted by molar-refractivity contribution is -0.139. The number of carbonyl (C=O) groups is 2. The average molecular weight is 353 g/mol. The van der Waals surface area contributed by atoms with Crippen LogP contribution in [-0.2, 0) is 14.3 Å². The molecular formula is C18H15N3O5. The third kappa shape index (κ3) is 3.02. The van der Waals surface area contributed by atoms with Crippen molar-refractivity contribution in [2.24, 2.45) is 0 Å². The van der Waals surface area contributed by atoms with Gasteiger partial charge < -0.3 is 19.2 Å². The van der Waals surface area contributed by atoms with E-state index in [4.69, 9.17) is 9.15 Å². The summed E-state index contributed by atoms with van der Waals surface area (Å²) in [5.41, 5.74) is 2.53. The van der Waals surface area contributed by atoms with Gasteiger partial charge in [-0.25, -0.2) is 14.8 Å². The molecule has 0 unspecified atom stereocenters. The Morgan fingerprint density at radius 3 is 2.85 bits per heavy atom. The van der Waals surface area contributed by atoms with E-state index >= 15 is 0 Å². The zero-order valence-corrected chi connectivity index (χ0v) is 13.9. The molecule has 1 amide bonds. The number of nitrogens with zero attached hydrogens (tertiary/aromatic N) is 2. The van der Waals surface area contributed by atoms with Crippen LogP contribution in [0.3, 0.4) is 0 Å². The molecule has 26 heavy (non-hydrogen) atoms. The summed E-state index contributed by atoms with van der Waals surface area (Å²) in [6.45, 7) is 0.614. The normalized spacial score (nSPS) is 16.1. The summed E-state index contributed by atoms with van der Waals surface area (Å²) in [7, 11) is 1.29. The first-order valence-electron chi connectivity index (χ1n) is 8.02. The Morgan fingerprint density at radius 2 is 2.12 bits per heavy atom. The van der Waals surface area contributed by atoms with Crippen molar-refractivity contribution in [1.29, 1.82) is 0 Å². The van der Waals surface area contributed by atoms with E-state index in [1.165, 1.54) is 13.3 Å². The number of fused-ring (bicyclic) bond motifs is 1. The van der Waals surface area contributed by atoms with Crippen LogP contribution in [0.5, 0.6) is 0 Å². The number of hydrogen-bond acceptors (Lipinski definition) is 7. The molecule has 1 fully saturated rings. The van der Waals surface area contributed by atoms with E-state index in [1.807, 2.05) is 0 Å². The summed E-state index contributed by atoms with van der Waals surface area (Å²) in [6, 6.07) is 8.42. The summed E-state index contributed by atoms with van der Waals surface area (Å²) in [4.78, 5) is 32.0. The zero-order chi connectivity index (χ0) is 18.1. The van der Waals surface area contributed by atoms with Crippen molar-refractivity contribution in [3.63, 3.8) is 0 Å². The van der Waals surface area contributed by atoms with Gasteiger partial charge in [0.25, 0.3) is 5.91 Å². The van der Waals surface area contributed by atoms with Crippen LogP contribution in [0.4, 0.5) is 5.69 Å². The molecule has 0 bridgehead atoms. The highest BCUT2D eigenvalue weighted by Crippen LogP contribution is 2.27. The van der Waals surface area contributed by atoms with Gasteiger partial charge in [-0.05, 0) is 30.3 Å². The number of ether oxygens (including phenoxy) is 2. The maximum atomic E-state index is 12.0. The molecule has 3 heterocycles. The first-order valence-corrected chi connectivity index (χ1v) is 8.02. The molecule has 1 atom stereocenters. The Labute approximate surface area is 148 Å². The number of hydrogen-bond donors (Lipinski definition) is 1. The van der Waals surface area contributed by atoms with Crippen molar-refractivity contribution in [2.45, 2.75) is 12.5 Å². The third-order valence-corrected chi connectivity index (χ3v) is 4.05. The fourth-order valence-corrected chi connectivity index (χ4v) is 2.57. The maximum Gasteiger partial charge on any atom is 0.356 e. The molecule has 0 aliphatic carbocycles. The number of rotatable bonds is 4. The van der Waals surface area contributed by atoms with Gasteiger partial charge in [0.05, 0.1) is 13.7 Å². The summed E-state index contributed by atoms with van der Waals surface area (Å²) in [5, 5.41) is 2.80. The first-order chi connectivity index (χ1) is 12.6. The number of anilines is 1. The van der Waals surface area contributed by atoms with Gasteiger partial charge in [-0.1, -0.05) is 0 Å². The quantitative estimate of drug-likeness (QED) is 0.718. The molecule has 132 valence electrons. The van der Waals surface area contributed by atoms with E-state index in [0.717, 1.165) is 6.42 Å². The van der Waals surface area contributed by atoms with Gasteiger partial charge >= 0.3 is 5.97 Å². The first kappa shape index (κ1) is 16.2. The number of pyridine rings is 1. The average Bonchev–Trinajstić information content (AvgIpc) is 3.03. The molecule has 1 aromatic carbocycles. The number of oxazole rings is 1. The standard InChI is InChI=1S/C18H15N3O5/c1-24-18(23)13-8-10(4-6-19-13)17-21-12-9-11(2-3-14(12)26-17)20-16(22)15-5-7-25-15/h2-4,6,8-9,15H,5,7H2,1H3,(H,20,22)/t15-/m0/s1. The van der Waals surface area contributed by atoms with Gasteiger partial charge in [-0.15, -0.1) is 0 Å². The van der Waals surface area contributed by atoms with Crippen LogP contribution in [0, 0.1) is 0 Å². The van der Waals surface area contributed by atoms with Gasteiger partial charge in [0.1, 0.15) is 17.3 Å². The Kier molecular flexibility index (Phi) is 4.10. The fourth-order valence-electron chi connectivity index (χ4n) is 2.57. The largest absolute Gasteiger partial charge is 0.464 e. The van der Waals surface area contributed by atoms with Crippen LogP contribution in [0.25, 0.3) is 22.6 Å². The fraction of sp³-hybridized carbons (Fsp3) is 0.222. The monoisotopic (exact) mass is 353 g/mol. The van der Waals surface area contributed by atoms with Crippen LogP contribution < -0.4 is 5.32 Å². The van der Waals surface area contributed by atoms with E-state index < -0.39 is 5.97 Å². The Morgan fingerprint density at radius 1 is 1.27 bits per heavy atom. The zero-order valence-electron chi connectivity index (χ0n) is 13.9. The minimum absolute atomic E-state index is 0.167. The van der Waals surface area contributed by atoms with E-state index in [1.54, 1.807) is 30.3 Å². The Balaban J connectivity index is 1.61. The number of amides is 1. The van der Waals surface area contributed by atoms with Crippen molar-refractivity contribution < 1.29 is 23.5 Å². The summed E-state index contributed by atoms with van der Waals surface area (Å²) in [6.07, 6.45) is 1.83. The molecule has 1 saturated heterocycles. The van der Waals surface area contributed by atoms with Crippen molar-refractivity contribution in [3.05, 3.63) is 42.2 Å². The molecule has 0 radical (unpaired) electrons. The molecule has 3 aromatic rings. The highest BCUT2D eigenvalue weighted by molar-refractivity contribution is 5.96. The lowest BCUT2D eigenvalue weighted by Crippen LogP contribution is -2.38. The molecule has 0 saturated carbocycles. The molecular weight excluding hydrogens is 338 g/mol. The third-order valence-electron chi connectivity index (χ3n) is 4.05. The molecule has 1 N–H and O–H groups in total. The molecule has 2 aromatic heterocycles. The van der Waals surface area contributed by atoms with Crippen molar-refractivity contribution in [1.82, 2.24) is 9.97 Å². The minimum Gasteiger partial charge on any atom is -0.464 e. The van der Waals surface area contributed by atoms with Gasteiger partial charge in [0.2, 0.25) is 5.89 Å². The summed E-state index contributed by atoms with van der Waals surface area (Å²) < 4.78 is 15.6. The molecule has 0 spiro atoms. The second-order valence-electron chi connectivity index (χ2n) is 5.76. The predicted molar refractivity (Wildman–Crippen MR) is 91.6 cm³/mol. The van der Waals surface area contributed by atoms with Gasteiger partial charge in [0, 0.05) is 23.9 Å². The Bertz CT molecular complexity index is 993. The molecule has 1 aliphatic rings. The number of aromatic nitrogens is 2. The topological polar surface area (TPSA) is 104 Å². The number of methoxy groups -OCH3 is 1. The molecule has 1 aliphatic heterocycles. The van der Waals surface area contributed by atoms with Crippen LogP contribution in [-0.4, -0.2) is 41.7 Å². The van der Waals surface area contributed by atoms with E-state index in [2.05, 4.69) is 20.0 Å². The lowest BCUT2D eigenvalue weighted by Gasteiger charge is -2.24. The van der Waals surface area contributed by atoms with Crippen LogP contribution in [0.2, 0.25) is 0 Å². The molecule has 8 nitrogen and oxygen atoms in total. The van der Waals surface area contributed by atoms with Crippen molar-refractivity contribution in [2.75, 3.05) is 19.0 Å². The highest BCUT2D eigenvalue weighted by atomic mass is 16.5. The number of esters is 1. The summed E-state index contributed by atoms with van der Waals surface area (Å²) >= 11 is 0. The number of benzene rings is 1. The van der Waals surface area contributed by atoms with E-state index in [-0.39, 0.29) is 17.7 Å². The smallest absolute Gasteiger partial charge is 0.356 e. The number of nitrogens with one attached hydrogen (secondary N) is 1. The van der Waals surface area contributed by atoms with E-state index in [9.17, 15) is 9.59 Å². The highest BCUT2D eigenvalue weighted by Gasteiger charge is 2.26. The van der Waals surface area contributed by atoms with Gasteiger partial charge in [-0.2, -0.15) is 0 Å². The lowest BCUT2D eigenvalue weighted by atomic mass is 10.1. The van der Waals surface area contributed by atoms with Crippen LogP contribution in [0.1, 0.15) is 16.9 Å².